The van der Waals surface area contributed by atoms with Gasteiger partial charge in [0.05, 0.1) is 17.4 Å². The van der Waals surface area contributed by atoms with Gasteiger partial charge in [0, 0.05) is 19.1 Å². The van der Waals surface area contributed by atoms with Crippen LogP contribution in [-0.2, 0) is 15.8 Å². The van der Waals surface area contributed by atoms with Crippen molar-refractivity contribution in [2.75, 3.05) is 27.2 Å². The molecule has 21 heavy (non-hydrogen) atoms. The van der Waals surface area contributed by atoms with E-state index in [-0.39, 0.29) is 11.8 Å². The lowest BCUT2D eigenvalue weighted by atomic mass is 10.1. The first-order valence-electron chi connectivity index (χ1n) is 7.06. The second-order valence-corrected chi connectivity index (χ2v) is 7.62. The Labute approximate surface area is 126 Å². The Hall–Kier alpha value is -1.42. The maximum absolute atomic E-state index is 12.7. The van der Waals surface area contributed by atoms with Gasteiger partial charge >= 0.3 is 0 Å². The van der Waals surface area contributed by atoms with Gasteiger partial charge in [0.1, 0.15) is 0 Å². The standard InChI is InChI=1S/C15H21N3O2S/c1-17(2)11-15-8-5-9-18(15)21(19,20)12-14-7-4-3-6-13(14)10-16/h3-4,6-7,15H,5,8-9,11-12H2,1-2H3. The molecular weight excluding hydrogens is 286 g/mol. The van der Waals surface area contributed by atoms with Gasteiger partial charge in [-0.05, 0) is 38.6 Å². The van der Waals surface area contributed by atoms with Crippen LogP contribution in [0.4, 0.5) is 0 Å². The van der Waals surface area contributed by atoms with Crippen molar-refractivity contribution < 1.29 is 8.42 Å². The summed E-state index contributed by atoms with van der Waals surface area (Å²) in [6.45, 7) is 1.31. The molecule has 0 saturated carbocycles. The summed E-state index contributed by atoms with van der Waals surface area (Å²) in [6.07, 6.45) is 1.80. The van der Waals surface area contributed by atoms with Crippen molar-refractivity contribution in [3.8, 4) is 6.07 Å². The summed E-state index contributed by atoms with van der Waals surface area (Å²) in [6, 6.07) is 9.00. The van der Waals surface area contributed by atoms with Gasteiger partial charge in [0.15, 0.2) is 0 Å². The minimum absolute atomic E-state index is 0.0410. The quantitative estimate of drug-likeness (QED) is 0.825. The zero-order chi connectivity index (χ0) is 15.5. The van der Waals surface area contributed by atoms with Gasteiger partial charge in [-0.2, -0.15) is 9.57 Å². The Bertz CT molecular complexity index is 635. The van der Waals surface area contributed by atoms with Gasteiger partial charge < -0.3 is 4.90 Å². The van der Waals surface area contributed by atoms with Crippen molar-refractivity contribution in [1.29, 1.82) is 5.26 Å². The number of hydrogen-bond donors (Lipinski definition) is 0. The third-order valence-corrected chi connectivity index (χ3v) is 5.60. The van der Waals surface area contributed by atoms with Crippen LogP contribution in [-0.4, -0.2) is 50.8 Å². The smallest absolute Gasteiger partial charge is 0.218 e. The van der Waals surface area contributed by atoms with E-state index in [1.807, 2.05) is 19.0 Å². The Morgan fingerprint density at radius 2 is 2.10 bits per heavy atom. The number of benzene rings is 1. The summed E-state index contributed by atoms with van der Waals surface area (Å²) in [5.74, 6) is -0.0966. The molecule has 1 heterocycles. The lowest BCUT2D eigenvalue weighted by molar-refractivity contribution is 0.291. The van der Waals surface area contributed by atoms with E-state index in [1.54, 1.807) is 28.6 Å². The third kappa shape index (κ3) is 3.82. The first-order chi connectivity index (χ1) is 9.94. The predicted molar refractivity (Wildman–Crippen MR) is 82.1 cm³/mol. The second kappa shape index (κ2) is 6.56. The Kier molecular flexibility index (Phi) is 4.99. The summed E-state index contributed by atoms with van der Waals surface area (Å²) in [5, 5.41) is 9.09. The minimum Gasteiger partial charge on any atom is -0.308 e. The van der Waals surface area contributed by atoms with Gasteiger partial charge in [0.2, 0.25) is 10.0 Å². The summed E-state index contributed by atoms with van der Waals surface area (Å²) in [5.41, 5.74) is 1.01. The van der Waals surface area contributed by atoms with Crippen LogP contribution in [0.3, 0.4) is 0 Å². The number of hydrogen-bond acceptors (Lipinski definition) is 4. The zero-order valence-electron chi connectivity index (χ0n) is 12.5. The third-order valence-electron chi connectivity index (χ3n) is 3.73. The first kappa shape index (κ1) is 16.0. The Balaban J connectivity index is 2.20. The molecule has 1 unspecified atom stereocenters. The molecule has 0 spiro atoms. The molecule has 1 aromatic rings. The number of nitrogens with zero attached hydrogens (tertiary/aromatic N) is 3. The van der Waals surface area contributed by atoms with E-state index in [0.717, 1.165) is 19.4 Å². The van der Waals surface area contributed by atoms with Crippen molar-refractivity contribution in [1.82, 2.24) is 9.21 Å². The van der Waals surface area contributed by atoms with E-state index in [2.05, 4.69) is 6.07 Å². The molecule has 1 fully saturated rings. The zero-order valence-corrected chi connectivity index (χ0v) is 13.3. The molecule has 6 heteroatoms. The van der Waals surface area contributed by atoms with E-state index < -0.39 is 10.0 Å². The highest BCUT2D eigenvalue weighted by Crippen LogP contribution is 2.24. The fourth-order valence-electron chi connectivity index (χ4n) is 2.81. The molecule has 0 aliphatic carbocycles. The predicted octanol–water partition coefficient (Wildman–Crippen LogP) is 1.41. The van der Waals surface area contributed by atoms with E-state index in [9.17, 15) is 8.42 Å². The van der Waals surface area contributed by atoms with Gasteiger partial charge in [-0.1, -0.05) is 18.2 Å². The molecule has 114 valence electrons. The van der Waals surface area contributed by atoms with Crippen molar-refractivity contribution >= 4 is 10.0 Å². The molecule has 0 radical (unpaired) electrons. The van der Waals surface area contributed by atoms with E-state index in [0.29, 0.717) is 17.7 Å². The van der Waals surface area contributed by atoms with Crippen LogP contribution in [0.2, 0.25) is 0 Å². The topological polar surface area (TPSA) is 64.4 Å². The molecule has 0 aromatic heterocycles. The van der Waals surface area contributed by atoms with Crippen molar-refractivity contribution in [3.05, 3.63) is 35.4 Å². The van der Waals surface area contributed by atoms with Crippen molar-refractivity contribution in [3.63, 3.8) is 0 Å². The Morgan fingerprint density at radius 1 is 1.38 bits per heavy atom. The van der Waals surface area contributed by atoms with E-state index in [1.165, 1.54) is 0 Å². The van der Waals surface area contributed by atoms with Gasteiger partial charge in [-0.25, -0.2) is 8.42 Å². The largest absolute Gasteiger partial charge is 0.308 e. The molecule has 2 rings (SSSR count). The summed E-state index contributed by atoms with van der Waals surface area (Å²) in [4.78, 5) is 2.02. The molecular formula is C15H21N3O2S. The molecule has 1 aliphatic heterocycles. The highest BCUT2D eigenvalue weighted by molar-refractivity contribution is 7.88. The molecule has 5 nitrogen and oxygen atoms in total. The molecule has 1 saturated heterocycles. The van der Waals surface area contributed by atoms with Crippen molar-refractivity contribution in [2.24, 2.45) is 0 Å². The Morgan fingerprint density at radius 3 is 2.76 bits per heavy atom. The SMILES string of the molecule is CN(C)CC1CCCN1S(=O)(=O)Cc1ccccc1C#N. The molecule has 1 aliphatic rings. The van der Waals surface area contributed by atoms with Crippen LogP contribution in [0.5, 0.6) is 0 Å². The number of nitriles is 1. The maximum Gasteiger partial charge on any atom is 0.218 e. The second-order valence-electron chi connectivity index (χ2n) is 5.69. The normalized spacial score (nSPS) is 19.8. The van der Waals surface area contributed by atoms with Gasteiger partial charge in [-0.3, -0.25) is 0 Å². The number of likely N-dealkylation sites (N-methyl/N-ethyl adjacent to an activating group) is 1. The van der Waals surface area contributed by atoms with E-state index in [4.69, 9.17) is 5.26 Å². The number of sulfonamides is 1. The van der Waals surface area contributed by atoms with Crippen LogP contribution in [0.25, 0.3) is 0 Å². The number of rotatable bonds is 5. The first-order valence-corrected chi connectivity index (χ1v) is 8.67. The maximum atomic E-state index is 12.7. The lowest BCUT2D eigenvalue weighted by Gasteiger charge is -2.26. The van der Waals surface area contributed by atoms with Crippen LogP contribution in [0.15, 0.2) is 24.3 Å². The van der Waals surface area contributed by atoms with Crippen LogP contribution in [0.1, 0.15) is 24.0 Å². The van der Waals surface area contributed by atoms with Gasteiger partial charge in [0.25, 0.3) is 0 Å². The molecule has 1 aromatic carbocycles. The molecule has 0 N–H and O–H groups in total. The minimum atomic E-state index is -3.38. The average Bonchev–Trinajstić information content (AvgIpc) is 2.87. The fourth-order valence-corrected chi connectivity index (χ4v) is 4.66. The van der Waals surface area contributed by atoms with Crippen LogP contribution < -0.4 is 0 Å². The summed E-state index contributed by atoms with van der Waals surface area (Å²) in [7, 11) is 0.520. The van der Waals surface area contributed by atoms with E-state index >= 15 is 0 Å². The summed E-state index contributed by atoms with van der Waals surface area (Å²) < 4.78 is 26.9. The van der Waals surface area contributed by atoms with Crippen LogP contribution >= 0.6 is 0 Å². The lowest BCUT2D eigenvalue weighted by Crippen LogP contribution is -2.41. The molecule has 1 atom stereocenters. The fraction of sp³-hybridized carbons (Fsp3) is 0.533. The molecule has 0 amide bonds. The molecule has 0 bridgehead atoms. The highest BCUT2D eigenvalue weighted by Gasteiger charge is 2.34. The van der Waals surface area contributed by atoms with Crippen molar-refractivity contribution in [2.45, 2.75) is 24.6 Å². The highest BCUT2D eigenvalue weighted by atomic mass is 32.2. The van der Waals surface area contributed by atoms with Crippen LogP contribution in [0, 0.1) is 11.3 Å². The monoisotopic (exact) mass is 307 g/mol. The van der Waals surface area contributed by atoms with Gasteiger partial charge in [-0.15, -0.1) is 0 Å². The summed E-state index contributed by atoms with van der Waals surface area (Å²) >= 11 is 0. The average molecular weight is 307 g/mol.